The summed E-state index contributed by atoms with van der Waals surface area (Å²) in [6.07, 6.45) is 7.59. The van der Waals surface area contributed by atoms with Crippen LogP contribution in [-0.2, 0) is 47.6 Å². The van der Waals surface area contributed by atoms with Gasteiger partial charge >= 0.3 is 23.9 Å². The molecule has 0 unspecified atom stereocenters. The highest BCUT2D eigenvalue weighted by atomic mass is 16.6. The van der Waals surface area contributed by atoms with Crippen molar-refractivity contribution in [3.8, 4) is 0 Å². The molecule has 2 aliphatic carbocycles. The van der Waals surface area contributed by atoms with Gasteiger partial charge in [-0.3, -0.25) is 4.79 Å². The van der Waals surface area contributed by atoms with Crippen LogP contribution in [0.1, 0.15) is 47.0 Å². The van der Waals surface area contributed by atoms with Crippen LogP contribution in [0.2, 0.25) is 0 Å². The minimum Gasteiger partial charge on any atom is -0.462 e. The average molecular weight is 543 g/mol. The number of hydrogen-bond donors (Lipinski definition) is 0. The molecule has 3 aliphatic heterocycles. The van der Waals surface area contributed by atoms with Crippen molar-refractivity contribution < 1.29 is 47.6 Å². The lowest BCUT2D eigenvalue weighted by Gasteiger charge is -2.59. The Morgan fingerprint density at radius 3 is 2.41 bits per heavy atom. The maximum absolute atomic E-state index is 13.0. The van der Waals surface area contributed by atoms with Crippen LogP contribution in [0.3, 0.4) is 0 Å². The average Bonchev–Trinajstić information content (AvgIpc) is 3.64. The van der Waals surface area contributed by atoms with E-state index in [2.05, 4.69) is 0 Å². The second kappa shape index (κ2) is 10.1. The molecule has 0 N–H and O–H groups in total. The van der Waals surface area contributed by atoms with E-state index in [0.717, 1.165) is 5.57 Å². The van der Waals surface area contributed by atoms with E-state index in [9.17, 15) is 19.2 Å². The van der Waals surface area contributed by atoms with E-state index in [1.807, 2.05) is 19.9 Å². The quantitative estimate of drug-likeness (QED) is 0.211. The Balaban J connectivity index is 1.57. The standard InChI is InChI=1S/C29H34O10/c1-17-9-10-34-24(31)7-5-6-8-25(32)39-21-13-23-29(16-36-29)27(21,4)28(15-35-26(33)11-17)14-20(37-19(3)30)18(2)12-22(28)38-23/h5-8,11-12,20-23H,9-10,13-16H2,1-4H3/b7-5-,8-6-,17-11-/t20-,21+,22+,23+,27+,28+,29+/m0/s1. The minimum atomic E-state index is -0.928. The van der Waals surface area contributed by atoms with Gasteiger partial charge < -0.3 is 28.4 Å². The van der Waals surface area contributed by atoms with Crippen molar-refractivity contribution in [1.29, 1.82) is 0 Å². The highest BCUT2D eigenvalue weighted by Gasteiger charge is 2.83. The zero-order valence-electron chi connectivity index (χ0n) is 22.6. The summed E-state index contributed by atoms with van der Waals surface area (Å²) >= 11 is 0. The normalized spacial score (nSPS) is 43.2. The fourth-order valence-corrected chi connectivity index (χ4v) is 6.78. The second-order valence-corrected chi connectivity index (χ2v) is 11.2. The van der Waals surface area contributed by atoms with Crippen LogP contribution in [0.5, 0.6) is 0 Å². The summed E-state index contributed by atoms with van der Waals surface area (Å²) in [6.45, 7) is 7.41. The van der Waals surface area contributed by atoms with Gasteiger partial charge in [-0.15, -0.1) is 0 Å². The molecule has 5 aliphatic rings. The van der Waals surface area contributed by atoms with Gasteiger partial charge in [0.25, 0.3) is 0 Å². The van der Waals surface area contributed by atoms with E-state index in [4.69, 9.17) is 28.4 Å². The summed E-state index contributed by atoms with van der Waals surface area (Å²) in [5.41, 5.74) is -0.971. The van der Waals surface area contributed by atoms with Gasteiger partial charge in [-0.1, -0.05) is 30.7 Å². The monoisotopic (exact) mass is 542 g/mol. The van der Waals surface area contributed by atoms with Crippen molar-refractivity contribution in [2.24, 2.45) is 10.8 Å². The zero-order valence-corrected chi connectivity index (χ0v) is 22.6. The van der Waals surface area contributed by atoms with Gasteiger partial charge in [0.2, 0.25) is 0 Å². The first kappa shape index (κ1) is 27.3. The minimum absolute atomic E-state index is 0.0717. The lowest BCUT2D eigenvalue weighted by atomic mass is 9.51. The Hall–Kier alpha value is -3.24. The van der Waals surface area contributed by atoms with Gasteiger partial charge in [0.05, 0.1) is 36.3 Å². The molecular formula is C29H34O10. The van der Waals surface area contributed by atoms with Crippen LogP contribution >= 0.6 is 0 Å². The van der Waals surface area contributed by atoms with Crippen molar-refractivity contribution in [2.45, 2.75) is 77.0 Å². The summed E-state index contributed by atoms with van der Waals surface area (Å²) in [5, 5.41) is 0. The molecule has 3 heterocycles. The Kier molecular flexibility index (Phi) is 7.05. The molecule has 39 heavy (non-hydrogen) atoms. The maximum Gasteiger partial charge on any atom is 0.331 e. The van der Waals surface area contributed by atoms with Gasteiger partial charge in [-0.05, 0) is 19.4 Å². The third kappa shape index (κ3) is 4.63. The third-order valence-electron chi connectivity index (χ3n) is 9.01. The molecule has 10 nitrogen and oxygen atoms in total. The molecule has 0 radical (unpaired) electrons. The molecule has 2 saturated heterocycles. The predicted molar refractivity (Wildman–Crippen MR) is 135 cm³/mol. The molecule has 210 valence electrons. The van der Waals surface area contributed by atoms with Crippen LogP contribution in [-0.4, -0.2) is 73.7 Å². The molecule has 7 atom stereocenters. The summed E-state index contributed by atoms with van der Waals surface area (Å²) in [7, 11) is 0. The molecule has 2 bridgehead atoms. The number of allylic oxidation sites excluding steroid dienone is 2. The first-order chi connectivity index (χ1) is 18.5. The lowest BCUT2D eigenvalue weighted by molar-refractivity contribution is -0.239. The Morgan fingerprint density at radius 2 is 1.72 bits per heavy atom. The first-order valence-electron chi connectivity index (χ1n) is 13.2. The largest absolute Gasteiger partial charge is 0.462 e. The lowest BCUT2D eigenvalue weighted by Crippen LogP contribution is -2.68. The van der Waals surface area contributed by atoms with Crippen molar-refractivity contribution in [3.63, 3.8) is 0 Å². The summed E-state index contributed by atoms with van der Waals surface area (Å²) in [4.78, 5) is 49.8. The van der Waals surface area contributed by atoms with Crippen LogP contribution in [0.15, 0.2) is 47.6 Å². The molecule has 5 rings (SSSR count). The molecule has 0 aromatic carbocycles. The molecule has 0 amide bonds. The van der Waals surface area contributed by atoms with Gasteiger partial charge in [0.15, 0.2) is 0 Å². The molecule has 3 fully saturated rings. The van der Waals surface area contributed by atoms with Crippen LogP contribution in [0, 0.1) is 10.8 Å². The molecule has 0 aromatic rings. The van der Waals surface area contributed by atoms with E-state index >= 15 is 0 Å². The van der Waals surface area contributed by atoms with E-state index < -0.39 is 58.6 Å². The van der Waals surface area contributed by atoms with Crippen molar-refractivity contribution in [3.05, 3.63) is 47.6 Å². The number of rotatable bonds is 1. The van der Waals surface area contributed by atoms with Crippen molar-refractivity contribution in [2.75, 3.05) is 19.8 Å². The van der Waals surface area contributed by atoms with Gasteiger partial charge in [-0.2, -0.15) is 0 Å². The van der Waals surface area contributed by atoms with Crippen LogP contribution < -0.4 is 0 Å². The maximum atomic E-state index is 13.0. The first-order valence-corrected chi connectivity index (χ1v) is 13.2. The van der Waals surface area contributed by atoms with Crippen LogP contribution in [0.25, 0.3) is 0 Å². The molecular weight excluding hydrogens is 508 g/mol. The Bertz CT molecular complexity index is 1190. The molecule has 1 saturated carbocycles. The second-order valence-electron chi connectivity index (χ2n) is 11.2. The molecule has 0 aromatic heterocycles. The highest BCUT2D eigenvalue weighted by molar-refractivity contribution is 5.85. The number of esters is 4. The fourth-order valence-electron chi connectivity index (χ4n) is 6.78. The van der Waals surface area contributed by atoms with E-state index in [1.54, 1.807) is 6.92 Å². The number of carbonyl (C=O) groups excluding carboxylic acids is 4. The molecule has 10 heteroatoms. The van der Waals surface area contributed by atoms with Crippen molar-refractivity contribution in [1.82, 2.24) is 0 Å². The van der Waals surface area contributed by atoms with Gasteiger partial charge in [0, 0.05) is 44.4 Å². The predicted octanol–water partition coefficient (Wildman–Crippen LogP) is 2.66. The number of cyclic esters (lactones) is 2. The van der Waals surface area contributed by atoms with Crippen LogP contribution in [0.4, 0.5) is 0 Å². The summed E-state index contributed by atoms with van der Waals surface area (Å²) in [6, 6.07) is 0. The third-order valence-corrected chi connectivity index (χ3v) is 9.01. The van der Waals surface area contributed by atoms with Crippen molar-refractivity contribution >= 4 is 23.9 Å². The fraction of sp³-hybridized carbons (Fsp3) is 0.586. The van der Waals surface area contributed by atoms with E-state index in [0.29, 0.717) is 31.4 Å². The molecule has 2 spiro atoms. The van der Waals surface area contributed by atoms with E-state index in [-0.39, 0.29) is 19.3 Å². The van der Waals surface area contributed by atoms with Gasteiger partial charge in [-0.25, -0.2) is 14.4 Å². The van der Waals surface area contributed by atoms with Gasteiger partial charge in [0.1, 0.15) is 24.4 Å². The van der Waals surface area contributed by atoms with E-state index in [1.165, 1.54) is 37.3 Å². The number of hydrogen-bond acceptors (Lipinski definition) is 10. The summed E-state index contributed by atoms with van der Waals surface area (Å²) in [5.74, 6) is -2.15. The number of carbonyl (C=O) groups is 4. The Morgan fingerprint density at radius 1 is 1.00 bits per heavy atom. The topological polar surface area (TPSA) is 127 Å². The summed E-state index contributed by atoms with van der Waals surface area (Å²) < 4.78 is 35.4. The Labute approximate surface area is 226 Å². The number of ether oxygens (including phenoxy) is 6. The number of epoxide rings is 1. The SMILES string of the molecule is CC(=O)O[C@H]1C[C@@]23COC(=O)/C=C(/C)CCOC(=O)/C=C\C=C/C(=O)O[C@@H]4C[C@@H](O[C@@H]2C=C1C)[C@]1(CO1)[C@]43C. The smallest absolute Gasteiger partial charge is 0.331 e. The highest BCUT2D eigenvalue weighted by Crippen LogP contribution is 2.72. The zero-order chi connectivity index (χ0) is 28.0.